The topological polar surface area (TPSA) is 68.7 Å². The standard InChI is InChI=1S/C24H26N2O3/c1-26-10-9-23-13-18-16(15-5-3-4-6-17(15)25-18)12-24(23,28)20(26)11-14-7-8-19(29-2)22(27)21(14)23/h3-8,20,25,27-28H,9-13H2,1-2H3. The highest BCUT2D eigenvalue weighted by atomic mass is 16.5. The predicted molar refractivity (Wildman–Crippen MR) is 112 cm³/mol. The number of hydrogen-bond donors (Lipinski definition) is 3. The largest absolute Gasteiger partial charge is 0.504 e. The van der Waals surface area contributed by atoms with Crippen LogP contribution in [-0.4, -0.2) is 52.4 Å². The lowest BCUT2D eigenvalue weighted by Gasteiger charge is -2.63. The van der Waals surface area contributed by atoms with Crippen LogP contribution < -0.4 is 4.74 Å². The molecule has 3 N–H and O–H groups in total. The van der Waals surface area contributed by atoms with Crippen molar-refractivity contribution >= 4 is 10.9 Å². The van der Waals surface area contributed by atoms with Gasteiger partial charge in [-0.3, -0.25) is 0 Å². The van der Waals surface area contributed by atoms with Gasteiger partial charge >= 0.3 is 0 Å². The molecule has 3 aliphatic rings. The van der Waals surface area contributed by atoms with Crippen molar-refractivity contribution in [1.82, 2.24) is 9.88 Å². The molecule has 3 atom stereocenters. The average Bonchev–Trinajstić information content (AvgIpc) is 3.05. The van der Waals surface area contributed by atoms with E-state index in [0.717, 1.165) is 36.0 Å². The summed E-state index contributed by atoms with van der Waals surface area (Å²) in [5.41, 5.74) is 4.10. The fourth-order valence-corrected chi connectivity index (χ4v) is 6.58. The third-order valence-corrected chi connectivity index (χ3v) is 7.97. The molecular formula is C24H26N2O3. The van der Waals surface area contributed by atoms with Crippen LogP contribution in [0.3, 0.4) is 0 Å². The molecule has 0 saturated carbocycles. The average molecular weight is 390 g/mol. The third-order valence-electron chi connectivity index (χ3n) is 7.97. The molecule has 2 aliphatic carbocycles. The first-order chi connectivity index (χ1) is 14.0. The number of aromatic hydroxyl groups is 1. The number of piperidine rings is 1. The van der Waals surface area contributed by atoms with Gasteiger partial charge in [0.15, 0.2) is 11.5 Å². The van der Waals surface area contributed by atoms with Gasteiger partial charge in [0.05, 0.1) is 12.7 Å². The van der Waals surface area contributed by atoms with Crippen molar-refractivity contribution in [2.75, 3.05) is 20.7 Å². The van der Waals surface area contributed by atoms with Crippen molar-refractivity contribution in [3.63, 3.8) is 0 Å². The lowest BCUT2D eigenvalue weighted by molar-refractivity contribution is -0.145. The number of likely N-dealkylation sites (tertiary alicyclic amines) is 1. The minimum atomic E-state index is -0.936. The molecule has 1 fully saturated rings. The summed E-state index contributed by atoms with van der Waals surface area (Å²) in [5.74, 6) is 0.686. The van der Waals surface area contributed by atoms with Crippen LogP contribution in [0.5, 0.6) is 11.5 Å². The van der Waals surface area contributed by atoms with Gasteiger partial charge in [0.25, 0.3) is 0 Å². The number of aromatic nitrogens is 1. The summed E-state index contributed by atoms with van der Waals surface area (Å²) in [4.78, 5) is 5.92. The molecule has 2 heterocycles. The molecule has 3 aromatic rings. The quantitative estimate of drug-likeness (QED) is 0.598. The van der Waals surface area contributed by atoms with Gasteiger partial charge in [0.1, 0.15) is 0 Å². The second kappa shape index (κ2) is 5.55. The summed E-state index contributed by atoms with van der Waals surface area (Å²) in [7, 11) is 3.70. The van der Waals surface area contributed by atoms with Crippen LogP contribution in [0.1, 0.15) is 28.8 Å². The zero-order valence-corrected chi connectivity index (χ0v) is 16.8. The molecule has 0 radical (unpaired) electrons. The number of methoxy groups -OCH3 is 1. The van der Waals surface area contributed by atoms with Crippen LogP contribution >= 0.6 is 0 Å². The van der Waals surface area contributed by atoms with Crippen molar-refractivity contribution in [2.24, 2.45) is 0 Å². The monoisotopic (exact) mass is 390 g/mol. The van der Waals surface area contributed by atoms with Crippen LogP contribution in [0.25, 0.3) is 10.9 Å². The molecule has 5 nitrogen and oxygen atoms in total. The third kappa shape index (κ3) is 1.97. The Kier molecular flexibility index (Phi) is 3.33. The molecule has 2 bridgehead atoms. The first-order valence-electron chi connectivity index (χ1n) is 10.4. The predicted octanol–water partition coefficient (Wildman–Crippen LogP) is 2.91. The van der Waals surface area contributed by atoms with Gasteiger partial charge in [0, 0.05) is 46.5 Å². The van der Waals surface area contributed by atoms with Crippen molar-refractivity contribution in [2.45, 2.75) is 42.7 Å². The van der Waals surface area contributed by atoms with E-state index in [4.69, 9.17) is 4.74 Å². The van der Waals surface area contributed by atoms with E-state index in [1.807, 2.05) is 12.1 Å². The molecule has 150 valence electrons. The molecule has 1 aromatic heterocycles. The molecule has 1 aliphatic heterocycles. The van der Waals surface area contributed by atoms with Crippen molar-refractivity contribution in [1.29, 1.82) is 0 Å². The van der Waals surface area contributed by atoms with Gasteiger partial charge in [-0.1, -0.05) is 24.3 Å². The SMILES string of the molecule is COc1ccc2c(c1O)C13CCN(C)C(C2)C1(O)Cc1c([nH]c2ccccc12)C3. The van der Waals surface area contributed by atoms with Crippen LogP contribution in [0.4, 0.5) is 0 Å². The summed E-state index contributed by atoms with van der Waals surface area (Å²) >= 11 is 0. The fraction of sp³-hybridized carbons (Fsp3) is 0.417. The van der Waals surface area contributed by atoms with Gasteiger partial charge in [0.2, 0.25) is 0 Å². The van der Waals surface area contributed by atoms with Crippen LogP contribution in [0, 0.1) is 0 Å². The fourth-order valence-electron chi connectivity index (χ4n) is 6.58. The maximum atomic E-state index is 12.4. The second-order valence-corrected chi connectivity index (χ2v) is 9.09. The number of aliphatic hydroxyl groups is 1. The first kappa shape index (κ1) is 17.4. The van der Waals surface area contributed by atoms with E-state index in [2.05, 4.69) is 41.2 Å². The van der Waals surface area contributed by atoms with Crippen molar-refractivity contribution < 1.29 is 14.9 Å². The number of fused-ring (bicyclic) bond motifs is 4. The molecule has 0 spiro atoms. The van der Waals surface area contributed by atoms with Gasteiger partial charge in [-0.05, 0) is 49.7 Å². The van der Waals surface area contributed by atoms with Gasteiger partial charge in [-0.15, -0.1) is 0 Å². The highest BCUT2D eigenvalue weighted by Gasteiger charge is 2.65. The molecule has 0 amide bonds. The second-order valence-electron chi connectivity index (χ2n) is 9.09. The maximum absolute atomic E-state index is 12.4. The Hall–Kier alpha value is -2.50. The molecule has 2 aromatic carbocycles. The Morgan fingerprint density at radius 3 is 2.83 bits per heavy atom. The smallest absolute Gasteiger partial charge is 0.161 e. The van der Waals surface area contributed by atoms with Gasteiger partial charge < -0.3 is 24.8 Å². The van der Waals surface area contributed by atoms with E-state index in [1.165, 1.54) is 16.6 Å². The van der Waals surface area contributed by atoms with Crippen molar-refractivity contribution in [3.8, 4) is 11.5 Å². The van der Waals surface area contributed by atoms with E-state index in [0.29, 0.717) is 18.6 Å². The number of nitrogens with one attached hydrogen (secondary N) is 1. The van der Waals surface area contributed by atoms with Gasteiger partial charge in [-0.25, -0.2) is 0 Å². The summed E-state index contributed by atoms with van der Waals surface area (Å²) < 4.78 is 5.45. The molecule has 29 heavy (non-hydrogen) atoms. The number of phenols is 1. The number of rotatable bonds is 1. The minimum Gasteiger partial charge on any atom is -0.504 e. The van der Waals surface area contributed by atoms with E-state index in [-0.39, 0.29) is 11.8 Å². The highest BCUT2D eigenvalue weighted by Crippen LogP contribution is 2.60. The summed E-state index contributed by atoms with van der Waals surface area (Å²) in [6, 6.07) is 12.3. The molecule has 5 heteroatoms. The zero-order valence-electron chi connectivity index (χ0n) is 16.8. The molecule has 6 rings (SSSR count). The Morgan fingerprint density at radius 2 is 2.00 bits per heavy atom. The highest BCUT2D eigenvalue weighted by molar-refractivity contribution is 5.85. The number of H-pyrrole nitrogens is 1. The van der Waals surface area contributed by atoms with E-state index in [1.54, 1.807) is 7.11 Å². The summed E-state index contributed by atoms with van der Waals surface area (Å²) in [6.45, 7) is 0.901. The van der Waals surface area contributed by atoms with E-state index < -0.39 is 11.0 Å². The van der Waals surface area contributed by atoms with Crippen LogP contribution in [-0.2, 0) is 24.7 Å². The lowest BCUT2D eigenvalue weighted by Crippen LogP contribution is -2.73. The zero-order chi connectivity index (χ0) is 20.0. The molecule has 1 saturated heterocycles. The number of benzene rings is 2. The minimum absolute atomic E-state index is 0.0263. The number of likely N-dealkylation sites (N-methyl/N-ethyl adjacent to an activating group) is 1. The number of aromatic amines is 1. The number of para-hydroxylation sites is 1. The van der Waals surface area contributed by atoms with Gasteiger partial charge in [-0.2, -0.15) is 0 Å². The summed E-state index contributed by atoms with van der Waals surface area (Å²) in [6.07, 6.45) is 2.83. The lowest BCUT2D eigenvalue weighted by atomic mass is 9.49. The first-order valence-corrected chi connectivity index (χ1v) is 10.4. The Morgan fingerprint density at radius 1 is 1.17 bits per heavy atom. The summed E-state index contributed by atoms with van der Waals surface area (Å²) in [5, 5.41) is 24.8. The maximum Gasteiger partial charge on any atom is 0.161 e. The normalized spacial score (nSPS) is 30.5. The van der Waals surface area contributed by atoms with E-state index >= 15 is 0 Å². The Bertz CT molecular complexity index is 1150. The van der Waals surface area contributed by atoms with Crippen LogP contribution in [0.15, 0.2) is 36.4 Å². The molecule has 3 unspecified atom stereocenters. The Balaban J connectivity index is 1.66. The number of nitrogens with zero attached hydrogens (tertiary/aromatic N) is 1. The van der Waals surface area contributed by atoms with E-state index in [9.17, 15) is 10.2 Å². The Labute approximate surface area is 169 Å². The number of ether oxygens (including phenoxy) is 1. The number of hydrogen-bond acceptors (Lipinski definition) is 4. The van der Waals surface area contributed by atoms with Crippen LogP contribution in [0.2, 0.25) is 0 Å². The van der Waals surface area contributed by atoms with Crippen molar-refractivity contribution in [3.05, 3.63) is 58.8 Å². The molecular weight excluding hydrogens is 364 g/mol. The number of phenolic OH excluding ortho intramolecular Hbond substituents is 1.